The number of aryl methyl sites for hydroxylation is 1. The van der Waals surface area contributed by atoms with Crippen molar-refractivity contribution in [2.45, 2.75) is 20.8 Å². The van der Waals surface area contributed by atoms with Gasteiger partial charge in [-0.15, -0.1) is 0 Å². The van der Waals surface area contributed by atoms with Crippen molar-refractivity contribution >= 4 is 0 Å². The van der Waals surface area contributed by atoms with Gasteiger partial charge in [-0.3, -0.25) is 0 Å². The molecule has 0 atom stereocenters. The zero-order chi connectivity index (χ0) is 13.4. The Morgan fingerprint density at radius 1 is 0.833 bits per heavy atom. The van der Waals surface area contributed by atoms with E-state index in [1.54, 1.807) is 6.92 Å². The molecule has 2 rings (SSSR count). The van der Waals surface area contributed by atoms with E-state index in [2.05, 4.69) is 0 Å². The standard InChI is InChI=1S/C15H16O3/c1-8-5-4-6-11(9(8)2)14-10(3)15(18)13(17)7-12(14)16/h4-7,16-18H,1-3H3. The number of phenols is 3. The third kappa shape index (κ3) is 1.78. The molecule has 0 saturated carbocycles. The lowest BCUT2D eigenvalue weighted by molar-refractivity contribution is 0.394. The van der Waals surface area contributed by atoms with Crippen molar-refractivity contribution in [1.82, 2.24) is 0 Å². The molecule has 18 heavy (non-hydrogen) atoms. The van der Waals surface area contributed by atoms with Gasteiger partial charge < -0.3 is 15.3 Å². The summed E-state index contributed by atoms with van der Waals surface area (Å²) in [4.78, 5) is 0. The van der Waals surface area contributed by atoms with Gasteiger partial charge in [-0.1, -0.05) is 18.2 Å². The van der Waals surface area contributed by atoms with Crippen LogP contribution in [0, 0.1) is 20.8 Å². The van der Waals surface area contributed by atoms with Crippen LogP contribution in [0.5, 0.6) is 17.2 Å². The van der Waals surface area contributed by atoms with E-state index in [4.69, 9.17) is 0 Å². The molecule has 0 aliphatic rings. The minimum atomic E-state index is -0.306. The Labute approximate surface area is 106 Å². The average molecular weight is 244 g/mol. The number of benzene rings is 2. The maximum absolute atomic E-state index is 9.99. The van der Waals surface area contributed by atoms with Gasteiger partial charge in [0.25, 0.3) is 0 Å². The molecular formula is C15H16O3. The normalized spacial score (nSPS) is 10.6. The van der Waals surface area contributed by atoms with E-state index in [0.29, 0.717) is 11.1 Å². The summed E-state index contributed by atoms with van der Waals surface area (Å²) in [6, 6.07) is 6.95. The van der Waals surface area contributed by atoms with E-state index in [9.17, 15) is 15.3 Å². The molecule has 0 aliphatic heterocycles. The Kier molecular flexibility index (Phi) is 2.91. The molecule has 3 nitrogen and oxygen atoms in total. The van der Waals surface area contributed by atoms with Gasteiger partial charge in [0.2, 0.25) is 0 Å². The molecule has 2 aromatic carbocycles. The van der Waals surface area contributed by atoms with E-state index in [1.165, 1.54) is 6.07 Å². The average Bonchev–Trinajstić information content (AvgIpc) is 2.32. The first kappa shape index (κ1) is 12.3. The highest BCUT2D eigenvalue weighted by atomic mass is 16.3. The summed E-state index contributed by atoms with van der Waals surface area (Å²) < 4.78 is 0. The van der Waals surface area contributed by atoms with E-state index in [1.807, 2.05) is 32.0 Å². The second kappa shape index (κ2) is 4.26. The predicted octanol–water partition coefficient (Wildman–Crippen LogP) is 3.40. The molecule has 0 saturated heterocycles. The van der Waals surface area contributed by atoms with Crippen LogP contribution in [0.2, 0.25) is 0 Å². The van der Waals surface area contributed by atoms with Crippen LogP contribution in [0.15, 0.2) is 24.3 Å². The number of phenolic OH excluding ortho intramolecular Hbond substituents is 3. The van der Waals surface area contributed by atoms with E-state index in [0.717, 1.165) is 16.7 Å². The monoisotopic (exact) mass is 244 g/mol. The van der Waals surface area contributed by atoms with Crippen LogP contribution < -0.4 is 0 Å². The lowest BCUT2D eigenvalue weighted by Gasteiger charge is -2.15. The highest BCUT2D eigenvalue weighted by Gasteiger charge is 2.17. The molecule has 0 aliphatic carbocycles. The highest BCUT2D eigenvalue weighted by molar-refractivity contribution is 5.80. The SMILES string of the molecule is Cc1cccc(-c2c(O)cc(O)c(O)c2C)c1C. The van der Waals surface area contributed by atoms with Crippen LogP contribution in [0.4, 0.5) is 0 Å². The molecule has 0 spiro atoms. The molecule has 0 heterocycles. The van der Waals surface area contributed by atoms with Gasteiger partial charge in [0.1, 0.15) is 5.75 Å². The first-order valence-electron chi connectivity index (χ1n) is 5.74. The molecule has 2 aromatic rings. The van der Waals surface area contributed by atoms with Crippen molar-refractivity contribution in [3.8, 4) is 28.4 Å². The summed E-state index contributed by atoms with van der Waals surface area (Å²) >= 11 is 0. The fraction of sp³-hybridized carbons (Fsp3) is 0.200. The third-order valence-corrected chi connectivity index (χ3v) is 3.38. The van der Waals surface area contributed by atoms with Gasteiger partial charge in [-0.2, -0.15) is 0 Å². The van der Waals surface area contributed by atoms with Gasteiger partial charge in [0.05, 0.1) is 0 Å². The zero-order valence-electron chi connectivity index (χ0n) is 10.7. The molecule has 0 unspecified atom stereocenters. The summed E-state index contributed by atoms with van der Waals surface area (Å²) in [6.45, 7) is 5.63. The maximum atomic E-state index is 9.99. The van der Waals surface area contributed by atoms with E-state index in [-0.39, 0.29) is 17.2 Å². The number of hydrogen-bond donors (Lipinski definition) is 3. The quantitative estimate of drug-likeness (QED) is 0.532. The van der Waals surface area contributed by atoms with Crippen molar-refractivity contribution < 1.29 is 15.3 Å². The fourth-order valence-corrected chi connectivity index (χ4v) is 2.13. The minimum absolute atomic E-state index is 0.0310. The highest BCUT2D eigenvalue weighted by Crippen LogP contribution is 2.43. The zero-order valence-corrected chi connectivity index (χ0v) is 10.7. The molecule has 0 bridgehead atoms. The fourth-order valence-electron chi connectivity index (χ4n) is 2.13. The molecule has 0 aromatic heterocycles. The van der Waals surface area contributed by atoms with Crippen molar-refractivity contribution in [2.75, 3.05) is 0 Å². The van der Waals surface area contributed by atoms with E-state index < -0.39 is 0 Å². The summed E-state index contributed by atoms with van der Waals surface area (Å²) in [6.07, 6.45) is 0. The van der Waals surface area contributed by atoms with E-state index >= 15 is 0 Å². The van der Waals surface area contributed by atoms with Gasteiger partial charge in [-0.25, -0.2) is 0 Å². The van der Waals surface area contributed by atoms with Crippen molar-refractivity contribution in [1.29, 1.82) is 0 Å². The van der Waals surface area contributed by atoms with Gasteiger partial charge >= 0.3 is 0 Å². The van der Waals surface area contributed by atoms with Crippen LogP contribution >= 0.6 is 0 Å². The Hall–Kier alpha value is -2.16. The first-order valence-corrected chi connectivity index (χ1v) is 5.74. The number of aromatic hydroxyl groups is 3. The summed E-state index contributed by atoms with van der Waals surface area (Å²) in [7, 11) is 0. The lowest BCUT2D eigenvalue weighted by Crippen LogP contribution is -1.91. The largest absolute Gasteiger partial charge is 0.507 e. The topological polar surface area (TPSA) is 60.7 Å². The smallest absolute Gasteiger partial charge is 0.161 e. The van der Waals surface area contributed by atoms with Crippen LogP contribution in [0.3, 0.4) is 0 Å². The summed E-state index contributed by atoms with van der Waals surface area (Å²) in [5.41, 5.74) is 4.05. The Morgan fingerprint density at radius 2 is 1.50 bits per heavy atom. The molecule has 0 radical (unpaired) electrons. The minimum Gasteiger partial charge on any atom is -0.507 e. The summed E-state index contributed by atoms with van der Waals surface area (Å²) in [5.74, 6) is -0.528. The molecule has 3 N–H and O–H groups in total. The molecular weight excluding hydrogens is 228 g/mol. The number of hydrogen-bond acceptors (Lipinski definition) is 3. The van der Waals surface area contributed by atoms with Crippen molar-refractivity contribution in [2.24, 2.45) is 0 Å². The lowest BCUT2D eigenvalue weighted by atomic mass is 9.92. The second-order valence-corrected chi connectivity index (χ2v) is 4.51. The van der Waals surface area contributed by atoms with Crippen LogP contribution in [-0.4, -0.2) is 15.3 Å². The van der Waals surface area contributed by atoms with Crippen LogP contribution in [0.25, 0.3) is 11.1 Å². The molecule has 94 valence electrons. The van der Waals surface area contributed by atoms with Gasteiger partial charge in [0, 0.05) is 17.2 Å². The van der Waals surface area contributed by atoms with Crippen molar-refractivity contribution in [3.05, 3.63) is 41.0 Å². The van der Waals surface area contributed by atoms with Crippen LogP contribution in [0.1, 0.15) is 16.7 Å². The van der Waals surface area contributed by atoms with Crippen LogP contribution in [-0.2, 0) is 0 Å². The second-order valence-electron chi connectivity index (χ2n) is 4.51. The van der Waals surface area contributed by atoms with Gasteiger partial charge in [0.15, 0.2) is 11.5 Å². The number of rotatable bonds is 1. The van der Waals surface area contributed by atoms with Gasteiger partial charge in [-0.05, 0) is 37.5 Å². The Morgan fingerprint density at radius 3 is 2.17 bits per heavy atom. The third-order valence-electron chi connectivity index (χ3n) is 3.38. The Bertz CT molecular complexity index is 616. The Balaban J connectivity index is 2.80. The first-order chi connectivity index (χ1) is 8.43. The summed E-state index contributed by atoms with van der Waals surface area (Å²) in [5, 5.41) is 29.2. The maximum Gasteiger partial charge on any atom is 0.161 e. The molecule has 0 amide bonds. The molecule has 0 fully saturated rings. The molecule has 3 heteroatoms. The predicted molar refractivity (Wildman–Crippen MR) is 71.1 cm³/mol. The van der Waals surface area contributed by atoms with Crippen molar-refractivity contribution in [3.63, 3.8) is 0 Å².